The van der Waals surface area contributed by atoms with Crippen molar-refractivity contribution in [1.29, 1.82) is 5.26 Å². The van der Waals surface area contributed by atoms with Crippen molar-refractivity contribution in [2.45, 2.75) is 0 Å². The Morgan fingerprint density at radius 3 is 2.93 bits per heavy atom. The first-order valence-corrected chi connectivity index (χ1v) is 4.32. The standard InChI is InChI=1S/C10H10FN3O/c1-13-10(15)6-14-9-4-2-3-8(11)7(9)5-12/h2-4,14H,6H2,1H3,(H,13,15). The molecule has 1 aromatic rings. The van der Waals surface area contributed by atoms with Gasteiger partial charge >= 0.3 is 0 Å². The molecule has 0 saturated carbocycles. The fraction of sp³-hybridized carbons (Fsp3) is 0.200. The van der Waals surface area contributed by atoms with E-state index in [1.165, 1.54) is 19.2 Å². The van der Waals surface area contributed by atoms with Crippen LogP contribution in [-0.4, -0.2) is 19.5 Å². The Morgan fingerprint density at radius 2 is 2.33 bits per heavy atom. The molecule has 0 unspecified atom stereocenters. The van der Waals surface area contributed by atoms with Gasteiger partial charge in [-0.2, -0.15) is 5.26 Å². The lowest BCUT2D eigenvalue weighted by Gasteiger charge is -2.07. The van der Waals surface area contributed by atoms with Gasteiger partial charge in [-0.05, 0) is 12.1 Å². The number of nitriles is 1. The fourth-order valence-corrected chi connectivity index (χ4v) is 1.05. The lowest BCUT2D eigenvalue weighted by atomic mass is 10.2. The Labute approximate surface area is 86.7 Å². The number of nitrogens with one attached hydrogen (secondary N) is 2. The van der Waals surface area contributed by atoms with Gasteiger partial charge in [-0.25, -0.2) is 4.39 Å². The van der Waals surface area contributed by atoms with E-state index in [0.29, 0.717) is 5.69 Å². The molecular weight excluding hydrogens is 197 g/mol. The van der Waals surface area contributed by atoms with Gasteiger partial charge in [0, 0.05) is 7.05 Å². The molecule has 0 aliphatic heterocycles. The molecule has 0 aromatic heterocycles. The summed E-state index contributed by atoms with van der Waals surface area (Å²) in [4.78, 5) is 10.9. The van der Waals surface area contributed by atoms with Gasteiger partial charge in [0.15, 0.2) is 0 Å². The molecule has 2 N–H and O–H groups in total. The molecule has 1 rings (SSSR count). The summed E-state index contributed by atoms with van der Waals surface area (Å²) in [5, 5.41) is 13.8. The van der Waals surface area contributed by atoms with Crippen LogP contribution in [0.5, 0.6) is 0 Å². The Balaban J connectivity index is 2.82. The summed E-state index contributed by atoms with van der Waals surface area (Å²) in [5.74, 6) is -0.831. The van der Waals surface area contributed by atoms with Crippen molar-refractivity contribution in [2.75, 3.05) is 18.9 Å². The molecular formula is C10H10FN3O. The molecule has 0 spiro atoms. The molecule has 0 radical (unpaired) electrons. The molecule has 0 saturated heterocycles. The lowest BCUT2D eigenvalue weighted by Crippen LogP contribution is -2.26. The van der Waals surface area contributed by atoms with Gasteiger partial charge in [-0.15, -0.1) is 0 Å². The number of carbonyl (C=O) groups is 1. The highest BCUT2D eigenvalue weighted by atomic mass is 19.1. The number of hydrogen-bond donors (Lipinski definition) is 2. The van der Waals surface area contributed by atoms with Gasteiger partial charge in [0.1, 0.15) is 17.4 Å². The van der Waals surface area contributed by atoms with Crippen molar-refractivity contribution in [2.24, 2.45) is 0 Å². The van der Waals surface area contributed by atoms with Gasteiger partial charge in [0.2, 0.25) is 5.91 Å². The quantitative estimate of drug-likeness (QED) is 0.772. The molecule has 0 fully saturated rings. The van der Waals surface area contributed by atoms with E-state index in [1.807, 2.05) is 0 Å². The second kappa shape index (κ2) is 4.96. The second-order valence-electron chi connectivity index (χ2n) is 2.80. The maximum atomic E-state index is 13.1. The Hall–Kier alpha value is -2.09. The minimum absolute atomic E-state index is 0.00856. The van der Waals surface area contributed by atoms with E-state index in [9.17, 15) is 9.18 Å². The van der Waals surface area contributed by atoms with Gasteiger partial charge < -0.3 is 10.6 Å². The molecule has 15 heavy (non-hydrogen) atoms. The van der Waals surface area contributed by atoms with Crippen molar-refractivity contribution < 1.29 is 9.18 Å². The van der Waals surface area contributed by atoms with Crippen LogP contribution in [0.2, 0.25) is 0 Å². The van der Waals surface area contributed by atoms with Crippen LogP contribution in [0.3, 0.4) is 0 Å². The van der Waals surface area contributed by atoms with E-state index in [-0.39, 0.29) is 18.0 Å². The molecule has 5 heteroatoms. The Bertz CT molecular complexity index is 412. The zero-order valence-electron chi connectivity index (χ0n) is 8.17. The average molecular weight is 207 g/mol. The van der Waals surface area contributed by atoms with E-state index < -0.39 is 5.82 Å². The minimum atomic E-state index is -0.598. The average Bonchev–Trinajstić information content (AvgIpc) is 2.25. The monoisotopic (exact) mass is 207 g/mol. The number of halogens is 1. The number of rotatable bonds is 3. The molecule has 78 valence electrons. The number of carbonyl (C=O) groups excluding carboxylic acids is 1. The maximum Gasteiger partial charge on any atom is 0.239 e. The predicted octanol–water partition coefficient (Wildman–Crippen LogP) is 0.855. The fourth-order valence-electron chi connectivity index (χ4n) is 1.05. The Morgan fingerprint density at radius 1 is 1.60 bits per heavy atom. The summed E-state index contributed by atoms with van der Waals surface area (Å²) >= 11 is 0. The summed E-state index contributed by atoms with van der Waals surface area (Å²) < 4.78 is 13.1. The largest absolute Gasteiger partial charge is 0.375 e. The number of nitrogens with zero attached hydrogens (tertiary/aromatic N) is 1. The van der Waals surface area contributed by atoms with Crippen LogP contribution < -0.4 is 10.6 Å². The number of amides is 1. The van der Waals surface area contributed by atoms with Gasteiger partial charge in [0.05, 0.1) is 12.2 Å². The van der Waals surface area contributed by atoms with Crippen LogP contribution in [0.1, 0.15) is 5.56 Å². The normalized spacial score (nSPS) is 9.13. The zero-order valence-corrected chi connectivity index (χ0v) is 8.17. The third kappa shape index (κ3) is 2.68. The molecule has 1 amide bonds. The highest BCUT2D eigenvalue weighted by molar-refractivity contribution is 5.80. The summed E-state index contributed by atoms with van der Waals surface area (Å²) in [6, 6.07) is 5.96. The molecule has 0 heterocycles. The van der Waals surface area contributed by atoms with Crippen LogP contribution in [0.4, 0.5) is 10.1 Å². The first kappa shape index (κ1) is 11.0. The summed E-state index contributed by atoms with van der Waals surface area (Å²) in [5.41, 5.74) is 0.238. The molecule has 0 bridgehead atoms. The summed E-state index contributed by atoms with van der Waals surface area (Å²) in [6.07, 6.45) is 0. The first-order chi connectivity index (χ1) is 7.19. The van der Waals surface area contributed by atoms with Crippen LogP contribution in [0.15, 0.2) is 18.2 Å². The van der Waals surface area contributed by atoms with E-state index in [4.69, 9.17) is 5.26 Å². The van der Waals surface area contributed by atoms with Crippen molar-refractivity contribution >= 4 is 11.6 Å². The topological polar surface area (TPSA) is 64.9 Å². The molecule has 1 aromatic carbocycles. The molecule has 0 aliphatic carbocycles. The van der Waals surface area contributed by atoms with Crippen LogP contribution >= 0.6 is 0 Å². The minimum Gasteiger partial charge on any atom is -0.375 e. The van der Waals surface area contributed by atoms with Crippen molar-refractivity contribution in [3.05, 3.63) is 29.6 Å². The smallest absolute Gasteiger partial charge is 0.239 e. The highest BCUT2D eigenvalue weighted by Crippen LogP contribution is 2.17. The number of likely N-dealkylation sites (N-methyl/N-ethyl adjacent to an activating group) is 1. The van der Waals surface area contributed by atoms with Crippen molar-refractivity contribution in [1.82, 2.24) is 5.32 Å². The molecule has 4 nitrogen and oxygen atoms in total. The number of hydrogen-bond acceptors (Lipinski definition) is 3. The number of benzene rings is 1. The second-order valence-corrected chi connectivity index (χ2v) is 2.80. The van der Waals surface area contributed by atoms with E-state index in [1.54, 1.807) is 12.1 Å². The SMILES string of the molecule is CNC(=O)CNc1cccc(F)c1C#N. The van der Waals surface area contributed by atoms with E-state index in [2.05, 4.69) is 10.6 Å². The third-order valence-corrected chi connectivity index (χ3v) is 1.84. The summed E-state index contributed by atoms with van der Waals surface area (Å²) in [6.45, 7) is 0.00856. The molecule has 0 atom stereocenters. The molecule has 0 aliphatic rings. The lowest BCUT2D eigenvalue weighted by molar-refractivity contribution is -0.118. The van der Waals surface area contributed by atoms with Crippen LogP contribution in [-0.2, 0) is 4.79 Å². The Kier molecular flexibility index (Phi) is 3.63. The van der Waals surface area contributed by atoms with Crippen LogP contribution in [0.25, 0.3) is 0 Å². The highest BCUT2D eigenvalue weighted by Gasteiger charge is 2.07. The van der Waals surface area contributed by atoms with E-state index >= 15 is 0 Å². The first-order valence-electron chi connectivity index (χ1n) is 4.32. The van der Waals surface area contributed by atoms with Gasteiger partial charge in [-0.3, -0.25) is 4.79 Å². The summed E-state index contributed by atoms with van der Waals surface area (Å²) in [7, 11) is 1.50. The van der Waals surface area contributed by atoms with Crippen LogP contribution in [0, 0.1) is 17.1 Å². The van der Waals surface area contributed by atoms with Crippen molar-refractivity contribution in [3.63, 3.8) is 0 Å². The third-order valence-electron chi connectivity index (χ3n) is 1.84. The van der Waals surface area contributed by atoms with Gasteiger partial charge in [0.25, 0.3) is 0 Å². The van der Waals surface area contributed by atoms with E-state index in [0.717, 1.165) is 0 Å². The maximum absolute atomic E-state index is 13.1. The van der Waals surface area contributed by atoms with Crippen molar-refractivity contribution in [3.8, 4) is 6.07 Å². The number of anilines is 1. The predicted molar refractivity (Wildman–Crippen MR) is 53.7 cm³/mol. The zero-order chi connectivity index (χ0) is 11.3. The van der Waals surface area contributed by atoms with Gasteiger partial charge in [-0.1, -0.05) is 6.07 Å².